The highest BCUT2D eigenvalue weighted by Gasteiger charge is 2.22. The van der Waals surface area contributed by atoms with Crippen molar-refractivity contribution in [2.24, 2.45) is 0 Å². The van der Waals surface area contributed by atoms with Gasteiger partial charge in [0.25, 0.3) is 11.6 Å². The third-order valence-corrected chi connectivity index (χ3v) is 4.32. The zero-order valence-corrected chi connectivity index (χ0v) is 16.0. The summed E-state index contributed by atoms with van der Waals surface area (Å²) in [4.78, 5) is 44.0. The fourth-order valence-corrected chi connectivity index (χ4v) is 2.61. The van der Waals surface area contributed by atoms with Crippen molar-refractivity contribution >= 4 is 34.3 Å². The summed E-state index contributed by atoms with van der Waals surface area (Å²) in [5.74, 6) is -1.39. The Morgan fingerprint density at radius 1 is 1.07 bits per heavy atom. The number of esters is 1. The van der Waals surface area contributed by atoms with Crippen LogP contribution < -0.4 is 5.32 Å². The van der Waals surface area contributed by atoms with E-state index in [1.807, 2.05) is 13.8 Å². The molecule has 3 aromatic rings. The molecule has 1 aromatic heterocycles. The van der Waals surface area contributed by atoms with E-state index in [0.29, 0.717) is 11.0 Å². The van der Waals surface area contributed by atoms with E-state index in [1.54, 1.807) is 24.3 Å². The summed E-state index contributed by atoms with van der Waals surface area (Å²) < 4.78 is 5.20. The number of nitrogens with zero attached hydrogens (tertiary/aromatic N) is 3. The number of nitro groups is 1. The minimum absolute atomic E-state index is 0.0252. The maximum atomic E-state index is 12.4. The molecule has 0 aliphatic rings. The monoisotopic (exact) mass is 394 g/mol. The molecule has 0 saturated carbocycles. The third kappa shape index (κ3) is 4.34. The van der Waals surface area contributed by atoms with Crippen LogP contribution in [0, 0.1) is 24.0 Å². The summed E-state index contributed by atoms with van der Waals surface area (Å²) in [6, 6.07) is 10.5. The summed E-state index contributed by atoms with van der Waals surface area (Å²) in [6.45, 7) is 5.06. The largest absolute Gasteiger partial charge is 0.449 e. The fourth-order valence-electron chi connectivity index (χ4n) is 2.61. The van der Waals surface area contributed by atoms with Crippen LogP contribution in [-0.2, 0) is 9.53 Å². The van der Waals surface area contributed by atoms with E-state index in [-0.39, 0.29) is 16.9 Å². The van der Waals surface area contributed by atoms with Crippen LogP contribution in [0.5, 0.6) is 0 Å². The molecule has 0 unspecified atom stereocenters. The zero-order valence-electron chi connectivity index (χ0n) is 16.0. The summed E-state index contributed by atoms with van der Waals surface area (Å²) in [7, 11) is 0. The molecule has 3 rings (SSSR count). The molecule has 0 fully saturated rings. The van der Waals surface area contributed by atoms with Gasteiger partial charge in [0, 0.05) is 6.07 Å². The van der Waals surface area contributed by atoms with Crippen LogP contribution in [0.3, 0.4) is 0 Å². The number of aromatic nitrogens is 2. The highest BCUT2D eigenvalue weighted by atomic mass is 16.6. The van der Waals surface area contributed by atoms with E-state index in [2.05, 4.69) is 15.3 Å². The van der Waals surface area contributed by atoms with Gasteiger partial charge in [-0.3, -0.25) is 14.9 Å². The van der Waals surface area contributed by atoms with E-state index in [9.17, 15) is 19.7 Å². The molecule has 0 aliphatic heterocycles. The molecule has 9 heteroatoms. The van der Waals surface area contributed by atoms with Crippen LogP contribution in [0.15, 0.2) is 42.5 Å². The van der Waals surface area contributed by atoms with Gasteiger partial charge in [-0.15, -0.1) is 0 Å². The highest BCUT2D eigenvalue weighted by Crippen LogP contribution is 2.23. The van der Waals surface area contributed by atoms with E-state index >= 15 is 0 Å². The molecular formula is C20H18N4O5. The lowest BCUT2D eigenvalue weighted by molar-refractivity contribution is -0.383. The van der Waals surface area contributed by atoms with Crippen molar-refractivity contribution in [2.75, 3.05) is 5.32 Å². The number of amides is 1. The standard InChI is InChI=1S/C20H18N4O5/c1-11-12(2)22-17-10-14(8-9-15(17)21-11)20(26)29-13(3)19(25)23-16-6-4-5-7-18(16)24(27)28/h4-10,13H,1-3H3,(H,23,25)/t13-/m0/s1. The second-order valence-electron chi connectivity index (χ2n) is 6.41. The summed E-state index contributed by atoms with van der Waals surface area (Å²) in [5.41, 5.74) is 2.73. The minimum atomic E-state index is -1.16. The molecule has 0 radical (unpaired) electrons. The smallest absolute Gasteiger partial charge is 0.338 e. The Balaban J connectivity index is 1.73. The molecule has 1 N–H and O–H groups in total. The van der Waals surface area contributed by atoms with Crippen LogP contribution in [0.4, 0.5) is 11.4 Å². The highest BCUT2D eigenvalue weighted by molar-refractivity contribution is 5.99. The maximum absolute atomic E-state index is 12.4. The van der Waals surface area contributed by atoms with Crippen LogP contribution in [0.1, 0.15) is 28.7 Å². The second-order valence-corrected chi connectivity index (χ2v) is 6.41. The molecular weight excluding hydrogens is 376 g/mol. The number of benzene rings is 2. The molecule has 0 aliphatic carbocycles. The maximum Gasteiger partial charge on any atom is 0.338 e. The lowest BCUT2D eigenvalue weighted by atomic mass is 10.2. The minimum Gasteiger partial charge on any atom is -0.449 e. The number of anilines is 1. The van der Waals surface area contributed by atoms with Gasteiger partial charge in [0.2, 0.25) is 0 Å². The number of nitro benzene ring substituents is 1. The number of aryl methyl sites for hydroxylation is 2. The average Bonchev–Trinajstić information content (AvgIpc) is 2.68. The van der Waals surface area contributed by atoms with Crippen LogP contribution >= 0.6 is 0 Å². The van der Waals surface area contributed by atoms with Crippen LogP contribution in [0.25, 0.3) is 11.0 Å². The number of carbonyl (C=O) groups is 2. The van der Waals surface area contributed by atoms with Crippen molar-refractivity contribution in [3.63, 3.8) is 0 Å². The number of nitrogens with one attached hydrogen (secondary N) is 1. The SMILES string of the molecule is Cc1nc2ccc(C(=O)O[C@@H](C)C(=O)Nc3ccccc3[N+](=O)[O-])cc2nc1C. The zero-order chi connectivity index (χ0) is 21.1. The van der Waals surface area contributed by atoms with Crippen molar-refractivity contribution in [1.82, 2.24) is 9.97 Å². The Bertz CT molecular complexity index is 1130. The Morgan fingerprint density at radius 2 is 1.72 bits per heavy atom. The van der Waals surface area contributed by atoms with E-state index in [1.165, 1.54) is 25.1 Å². The van der Waals surface area contributed by atoms with E-state index in [4.69, 9.17) is 4.74 Å². The number of fused-ring (bicyclic) bond motifs is 1. The predicted molar refractivity (Wildman–Crippen MR) is 106 cm³/mol. The van der Waals surface area contributed by atoms with Crippen molar-refractivity contribution in [1.29, 1.82) is 0 Å². The summed E-state index contributed by atoms with van der Waals surface area (Å²) in [6.07, 6.45) is -1.16. The average molecular weight is 394 g/mol. The molecule has 0 spiro atoms. The first-order chi connectivity index (χ1) is 13.8. The number of ether oxygens (including phenoxy) is 1. The lowest BCUT2D eigenvalue weighted by Gasteiger charge is -2.14. The first-order valence-electron chi connectivity index (χ1n) is 8.76. The Kier molecular flexibility index (Phi) is 5.49. The van der Waals surface area contributed by atoms with E-state index < -0.39 is 22.9 Å². The second kappa shape index (κ2) is 8.01. The van der Waals surface area contributed by atoms with Crippen LogP contribution in [-0.4, -0.2) is 32.9 Å². The molecule has 9 nitrogen and oxygen atoms in total. The van der Waals surface area contributed by atoms with Gasteiger partial charge < -0.3 is 10.1 Å². The molecule has 0 bridgehead atoms. The van der Waals surface area contributed by atoms with Gasteiger partial charge in [0.15, 0.2) is 6.10 Å². The van der Waals surface area contributed by atoms with Crippen molar-refractivity contribution < 1.29 is 19.2 Å². The number of hydrogen-bond acceptors (Lipinski definition) is 7. The fraction of sp³-hybridized carbons (Fsp3) is 0.200. The van der Waals surface area contributed by atoms with Gasteiger partial charge in [-0.1, -0.05) is 12.1 Å². The molecule has 1 atom stereocenters. The summed E-state index contributed by atoms with van der Waals surface area (Å²) >= 11 is 0. The number of rotatable bonds is 5. The Morgan fingerprint density at radius 3 is 2.41 bits per heavy atom. The van der Waals surface area contributed by atoms with Gasteiger partial charge in [0.1, 0.15) is 5.69 Å². The van der Waals surface area contributed by atoms with Gasteiger partial charge >= 0.3 is 5.97 Å². The van der Waals surface area contributed by atoms with Gasteiger partial charge in [-0.25, -0.2) is 14.8 Å². The molecule has 148 valence electrons. The molecule has 0 saturated heterocycles. The Labute approximate surface area is 165 Å². The third-order valence-electron chi connectivity index (χ3n) is 4.32. The first-order valence-corrected chi connectivity index (χ1v) is 8.76. The summed E-state index contributed by atoms with van der Waals surface area (Å²) in [5, 5.41) is 13.5. The quantitative estimate of drug-likeness (QED) is 0.400. The number of carbonyl (C=O) groups excluding carboxylic acids is 2. The van der Waals surface area contributed by atoms with Crippen LogP contribution in [0.2, 0.25) is 0 Å². The normalized spacial score (nSPS) is 11.7. The molecule has 1 heterocycles. The number of hydrogen-bond donors (Lipinski definition) is 1. The molecule has 1 amide bonds. The predicted octanol–water partition coefficient (Wildman–Crippen LogP) is 3.34. The first kappa shape index (κ1) is 19.9. The topological polar surface area (TPSA) is 124 Å². The Hall–Kier alpha value is -3.88. The van der Waals surface area contributed by atoms with Gasteiger partial charge in [-0.05, 0) is 45.0 Å². The van der Waals surface area contributed by atoms with E-state index in [0.717, 1.165) is 11.4 Å². The lowest BCUT2D eigenvalue weighted by Crippen LogP contribution is -2.30. The molecule has 2 aromatic carbocycles. The van der Waals surface area contributed by atoms with Crippen molar-refractivity contribution in [3.8, 4) is 0 Å². The molecule has 29 heavy (non-hydrogen) atoms. The van der Waals surface area contributed by atoms with Gasteiger partial charge in [-0.2, -0.15) is 0 Å². The van der Waals surface area contributed by atoms with Gasteiger partial charge in [0.05, 0.1) is 32.9 Å². The number of para-hydroxylation sites is 2. The van der Waals surface area contributed by atoms with Crippen molar-refractivity contribution in [3.05, 3.63) is 69.5 Å². The van der Waals surface area contributed by atoms with Crippen molar-refractivity contribution in [2.45, 2.75) is 26.9 Å².